The predicted molar refractivity (Wildman–Crippen MR) is 390 cm³/mol. The zero-order valence-corrected chi connectivity index (χ0v) is 65.9. The summed E-state index contributed by atoms with van der Waals surface area (Å²) in [4.78, 5) is 162. The highest BCUT2D eigenvalue weighted by Gasteiger charge is 2.24. The maximum absolute atomic E-state index is 13.2. The molecule has 34 heteroatoms. The van der Waals surface area contributed by atoms with E-state index in [0.717, 1.165) is 0 Å². The summed E-state index contributed by atoms with van der Waals surface area (Å²) < 4.78 is 64.4. The molecule has 0 aliphatic rings. The number of rotatable bonds is 63. The van der Waals surface area contributed by atoms with Crippen LogP contribution in [0.25, 0.3) is 0 Å². The van der Waals surface area contributed by atoms with Crippen LogP contribution in [0.15, 0.2) is 0 Å². The number of thioether (sulfide) groups is 6. The molecule has 0 spiro atoms. The molecule has 6 atom stereocenters. The van der Waals surface area contributed by atoms with Crippen LogP contribution in [-0.2, 0) is 114 Å². The Hall–Kier alpha value is -4.42. The van der Waals surface area contributed by atoms with Crippen LogP contribution in [0.2, 0.25) is 0 Å². The van der Waals surface area contributed by atoms with Gasteiger partial charge in [-0.1, -0.05) is 41.5 Å². The van der Waals surface area contributed by atoms with Crippen molar-refractivity contribution in [2.75, 3.05) is 230 Å². The maximum Gasteiger partial charge on any atom is 0.309 e. The first-order chi connectivity index (χ1) is 47.8. The van der Waals surface area contributed by atoms with Crippen molar-refractivity contribution in [2.24, 2.45) is 35.5 Å². The van der Waals surface area contributed by atoms with Gasteiger partial charge in [0.2, 0.25) is 0 Å². The fourth-order valence-corrected chi connectivity index (χ4v) is 12.5. The lowest BCUT2D eigenvalue weighted by Gasteiger charge is -2.32. The first-order valence-corrected chi connectivity index (χ1v) is 42.0. The Morgan fingerprint density at radius 3 is 0.460 bits per heavy atom. The maximum atomic E-state index is 13.2. The van der Waals surface area contributed by atoms with Crippen molar-refractivity contribution < 1.29 is 114 Å². The number of ether oxygens (including phenoxy) is 12. The smallest absolute Gasteiger partial charge is 0.309 e. The number of nitrogens with zero attached hydrogens (tertiary/aromatic N) is 4. The van der Waals surface area contributed by atoms with Gasteiger partial charge in [-0.3, -0.25) is 62.4 Å². The molecule has 0 rings (SSSR count). The van der Waals surface area contributed by atoms with E-state index in [9.17, 15) is 57.5 Å². The predicted octanol–water partition coefficient (Wildman–Crippen LogP) is 5.05. The lowest BCUT2D eigenvalue weighted by atomic mass is 10.2. The van der Waals surface area contributed by atoms with Gasteiger partial charge in [0, 0.05) is 113 Å². The van der Waals surface area contributed by atoms with Gasteiger partial charge in [-0.2, -0.15) is 70.6 Å². The third kappa shape index (κ3) is 51.7. The first-order valence-electron chi connectivity index (χ1n) is 33.6. The highest BCUT2D eigenvalue weighted by molar-refractivity contribution is 7.99. The van der Waals surface area contributed by atoms with Crippen molar-refractivity contribution in [3.8, 4) is 0 Å². The molecule has 0 aromatic rings. The van der Waals surface area contributed by atoms with E-state index in [1.54, 1.807) is 41.5 Å². The standard InChI is InChI=1S/C66H114N4O24S6/c1-49(43-95-7)61(77)89-37-31-83-55(71)13-19-67(20-14-56(72)84-32-38-90-62(78)50(2)44-96-8)25-28-70(29-26-68(21-15-57(73)85-33-39-91-63(79)51(3)45-97-9)22-16-58(74)86-34-40-92-64(80)52(4)46-98-10)30-27-69(23-17-59(75)87-35-41-93-65(81)53(5)47-99-11)24-18-60(76)88-36-42-94-66(82)54(6)48-100-12/h49-54H,13-48H2,1-12H3. The number of esters is 12. The summed E-state index contributed by atoms with van der Waals surface area (Å²) in [6.45, 7) is 10.5. The number of carbonyl (C=O) groups excluding carboxylic acids is 12. The Morgan fingerprint density at radius 2 is 0.330 bits per heavy atom. The molecule has 0 aliphatic heterocycles. The van der Waals surface area contributed by atoms with Crippen LogP contribution >= 0.6 is 70.6 Å². The number of hydrogen-bond donors (Lipinski definition) is 0. The lowest BCUT2D eigenvalue weighted by molar-refractivity contribution is -0.154. The molecule has 28 nitrogen and oxygen atoms in total. The molecule has 100 heavy (non-hydrogen) atoms. The average Bonchev–Trinajstić information content (AvgIpc) is 1.15. The average molecular weight is 1540 g/mol. The van der Waals surface area contributed by atoms with Crippen LogP contribution in [0.5, 0.6) is 0 Å². The second kappa shape index (κ2) is 62.0. The van der Waals surface area contributed by atoms with Gasteiger partial charge in [-0.25, -0.2) is 0 Å². The molecule has 0 heterocycles. The van der Waals surface area contributed by atoms with E-state index in [1.807, 2.05) is 57.1 Å². The molecule has 0 aromatic heterocycles. The van der Waals surface area contributed by atoms with E-state index in [1.165, 1.54) is 70.6 Å². The Morgan fingerprint density at radius 1 is 0.210 bits per heavy atom. The Kier molecular flexibility index (Phi) is 59.3. The van der Waals surface area contributed by atoms with Crippen LogP contribution in [0, 0.1) is 35.5 Å². The van der Waals surface area contributed by atoms with E-state index < -0.39 is 71.6 Å². The number of hydrogen-bond acceptors (Lipinski definition) is 34. The van der Waals surface area contributed by atoms with Gasteiger partial charge in [0.05, 0.1) is 74.0 Å². The Bertz CT molecular complexity index is 1970. The normalized spacial score (nSPS) is 13.1. The minimum atomic E-state index is -0.595. The molecule has 0 aliphatic carbocycles. The highest BCUT2D eigenvalue weighted by atomic mass is 32.2. The molecular weight excluding hydrogens is 1430 g/mol. The molecule has 0 fully saturated rings. The second-order valence-electron chi connectivity index (χ2n) is 23.3. The van der Waals surface area contributed by atoms with E-state index in [-0.39, 0.29) is 232 Å². The van der Waals surface area contributed by atoms with Gasteiger partial charge in [-0.15, -0.1) is 0 Å². The van der Waals surface area contributed by atoms with Gasteiger partial charge in [0.15, 0.2) is 0 Å². The SMILES string of the molecule is CSCC(C)C(=O)OCCOC(=O)CCN(CCC(=O)OCCOC(=O)C(C)CSC)CCN(CCN(CCC(=O)OCCOC(=O)C(C)CSC)CCC(=O)OCCOC(=O)C(C)CSC)CCN(CCC(=O)OCCOC(=O)C(C)CSC)CCC(=O)OCCOC(=O)C(C)CSC. The van der Waals surface area contributed by atoms with Crippen LogP contribution in [-0.4, -0.2) is 321 Å². The van der Waals surface area contributed by atoms with Gasteiger partial charge >= 0.3 is 71.6 Å². The molecule has 6 unspecified atom stereocenters. The molecule has 0 aromatic carbocycles. The number of carbonyl (C=O) groups is 12. The van der Waals surface area contributed by atoms with Gasteiger partial charge in [-0.05, 0) is 37.5 Å². The summed E-state index contributed by atoms with van der Waals surface area (Å²) in [5.74, 6) is -4.87. The Balaban J connectivity index is 7.19. The molecule has 578 valence electrons. The minimum absolute atomic E-state index is 0.0975. The Labute approximate surface area is 618 Å². The molecule has 0 N–H and O–H groups in total. The quantitative estimate of drug-likeness (QED) is 0.0437. The first kappa shape index (κ1) is 95.6. The fourth-order valence-electron chi connectivity index (χ4n) is 8.67. The molecule has 0 radical (unpaired) electrons. The monoisotopic (exact) mass is 1540 g/mol. The molecule has 0 amide bonds. The highest BCUT2D eigenvalue weighted by Crippen LogP contribution is 2.13. The van der Waals surface area contributed by atoms with E-state index >= 15 is 0 Å². The third-order valence-electron chi connectivity index (χ3n) is 14.4. The third-order valence-corrected chi connectivity index (χ3v) is 19.4. The van der Waals surface area contributed by atoms with Crippen molar-refractivity contribution in [1.82, 2.24) is 19.6 Å². The summed E-state index contributed by atoms with van der Waals surface area (Å²) in [5.41, 5.74) is 0. The van der Waals surface area contributed by atoms with Gasteiger partial charge in [0.1, 0.15) is 79.3 Å². The van der Waals surface area contributed by atoms with Crippen molar-refractivity contribution in [1.29, 1.82) is 0 Å². The lowest BCUT2D eigenvalue weighted by Crippen LogP contribution is -2.45. The summed E-state index contributed by atoms with van der Waals surface area (Å²) >= 11 is 8.98. The van der Waals surface area contributed by atoms with Crippen LogP contribution < -0.4 is 0 Å². The summed E-state index contributed by atoms with van der Waals surface area (Å²) in [6, 6.07) is 0. The summed E-state index contributed by atoms with van der Waals surface area (Å²) in [6.07, 6.45) is 10.4. The summed E-state index contributed by atoms with van der Waals surface area (Å²) in [7, 11) is 0. The van der Waals surface area contributed by atoms with Crippen molar-refractivity contribution in [3.63, 3.8) is 0 Å². The molecule has 0 saturated carbocycles. The minimum Gasteiger partial charge on any atom is -0.462 e. The summed E-state index contributed by atoms with van der Waals surface area (Å²) in [5, 5.41) is 0. The van der Waals surface area contributed by atoms with Crippen LogP contribution in [0.3, 0.4) is 0 Å². The van der Waals surface area contributed by atoms with Gasteiger partial charge in [0.25, 0.3) is 0 Å². The zero-order chi connectivity index (χ0) is 74.9. The molecular formula is C66H114N4O24S6. The topological polar surface area (TPSA) is 329 Å². The molecule has 0 saturated heterocycles. The van der Waals surface area contributed by atoms with E-state index in [2.05, 4.69) is 0 Å². The largest absolute Gasteiger partial charge is 0.462 e. The molecule has 0 bridgehead atoms. The van der Waals surface area contributed by atoms with Gasteiger partial charge < -0.3 is 71.5 Å². The zero-order valence-electron chi connectivity index (χ0n) is 61.0. The fraction of sp³-hybridized carbons (Fsp3) is 0.818. The van der Waals surface area contributed by atoms with E-state index in [4.69, 9.17) is 56.8 Å². The second-order valence-corrected chi connectivity index (χ2v) is 28.8. The van der Waals surface area contributed by atoms with Crippen LogP contribution in [0.4, 0.5) is 0 Å². The van der Waals surface area contributed by atoms with Crippen molar-refractivity contribution in [3.05, 3.63) is 0 Å². The van der Waals surface area contributed by atoms with Crippen LogP contribution in [0.1, 0.15) is 80.1 Å². The van der Waals surface area contributed by atoms with E-state index in [0.29, 0.717) is 34.5 Å². The van der Waals surface area contributed by atoms with Crippen molar-refractivity contribution in [2.45, 2.75) is 80.1 Å². The van der Waals surface area contributed by atoms with Crippen molar-refractivity contribution >= 4 is 142 Å².